The third-order valence-corrected chi connectivity index (χ3v) is 6.71. The third kappa shape index (κ3) is 4.10. The van der Waals surface area contributed by atoms with E-state index in [-0.39, 0.29) is 5.91 Å². The minimum atomic E-state index is -0.958. The van der Waals surface area contributed by atoms with Crippen molar-refractivity contribution in [1.82, 2.24) is 0 Å². The average molecular weight is 409 g/mol. The second-order valence-corrected chi connectivity index (χ2v) is 8.95. The van der Waals surface area contributed by atoms with Crippen LogP contribution in [0, 0.1) is 37.0 Å². The van der Waals surface area contributed by atoms with E-state index in [0.717, 1.165) is 32.7 Å². The smallest absolute Gasteiger partial charge is 0.307 e. The Kier molecular flexibility index (Phi) is 5.90. The number of carbonyl (C=O) groups excluding carboxylic acids is 1. The number of carboxylic acid groups (broad SMARTS) is 1. The molecule has 1 aromatic heterocycles. The lowest BCUT2D eigenvalue weighted by atomic mass is 9.76. The Labute approximate surface area is 174 Å². The van der Waals surface area contributed by atoms with Crippen LogP contribution < -0.4 is 5.32 Å². The van der Waals surface area contributed by atoms with Crippen molar-refractivity contribution in [2.24, 2.45) is 11.8 Å². The molecule has 2 aromatic rings. The van der Waals surface area contributed by atoms with Gasteiger partial charge in [0.05, 0.1) is 17.4 Å². The van der Waals surface area contributed by atoms with Crippen LogP contribution in [0.1, 0.15) is 42.7 Å². The first-order valence-electron chi connectivity index (χ1n) is 9.52. The maximum atomic E-state index is 13.0. The van der Waals surface area contributed by atoms with Gasteiger partial charge < -0.3 is 10.4 Å². The van der Waals surface area contributed by atoms with Crippen LogP contribution in [0.2, 0.25) is 0 Å². The van der Waals surface area contributed by atoms with Crippen molar-refractivity contribution < 1.29 is 14.7 Å². The van der Waals surface area contributed by atoms with E-state index in [0.29, 0.717) is 23.4 Å². The second-order valence-electron chi connectivity index (χ2n) is 7.72. The van der Waals surface area contributed by atoms with Gasteiger partial charge in [0.15, 0.2) is 0 Å². The summed E-state index contributed by atoms with van der Waals surface area (Å²) < 4.78 is 0. The topological polar surface area (TPSA) is 90.2 Å². The number of carboxylic acids is 1. The molecular formula is C23H24N2O3S. The highest BCUT2D eigenvalue weighted by molar-refractivity contribution is 7.17. The Morgan fingerprint density at radius 1 is 1.07 bits per heavy atom. The number of allylic oxidation sites excluding steroid dienone is 2. The second kappa shape index (κ2) is 8.22. The summed E-state index contributed by atoms with van der Waals surface area (Å²) >= 11 is 1.35. The van der Waals surface area contributed by atoms with Crippen LogP contribution in [0.25, 0.3) is 11.1 Å². The molecule has 1 aliphatic carbocycles. The molecule has 2 N–H and O–H groups in total. The molecule has 0 radical (unpaired) electrons. The van der Waals surface area contributed by atoms with Crippen molar-refractivity contribution in [3.05, 3.63) is 51.4 Å². The van der Waals surface area contributed by atoms with Crippen molar-refractivity contribution in [2.75, 3.05) is 5.32 Å². The van der Waals surface area contributed by atoms with Gasteiger partial charge in [0.1, 0.15) is 11.1 Å². The SMILES string of the molecule is CC1=C(C)C[C@@H](C(=O)Nc2sc(C)c(-c3ccc(C)cc3)c2C#N)[C@@H](C(=O)O)C1. The molecule has 1 heterocycles. The van der Waals surface area contributed by atoms with Crippen LogP contribution in [0.3, 0.4) is 0 Å². The lowest BCUT2D eigenvalue weighted by Crippen LogP contribution is -2.36. The van der Waals surface area contributed by atoms with Crippen LogP contribution in [0.4, 0.5) is 5.00 Å². The highest BCUT2D eigenvalue weighted by Crippen LogP contribution is 2.41. The summed E-state index contributed by atoms with van der Waals surface area (Å²) in [5.74, 6) is -2.69. The number of nitrogens with one attached hydrogen (secondary N) is 1. The molecule has 0 unspecified atom stereocenters. The molecular weight excluding hydrogens is 384 g/mol. The zero-order valence-corrected chi connectivity index (χ0v) is 17.8. The Hall–Kier alpha value is -2.91. The fraction of sp³-hybridized carbons (Fsp3) is 0.348. The molecule has 29 heavy (non-hydrogen) atoms. The summed E-state index contributed by atoms with van der Waals surface area (Å²) in [5.41, 5.74) is 5.40. The molecule has 3 rings (SSSR count). The molecule has 0 fully saturated rings. The van der Waals surface area contributed by atoms with Gasteiger partial charge in [-0.15, -0.1) is 11.3 Å². The molecule has 2 atom stereocenters. The molecule has 1 amide bonds. The predicted molar refractivity (Wildman–Crippen MR) is 115 cm³/mol. The Balaban J connectivity index is 1.93. The van der Waals surface area contributed by atoms with E-state index >= 15 is 0 Å². The van der Waals surface area contributed by atoms with E-state index in [9.17, 15) is 20.0 Å². The molecule has 5 nitrogen and oxygen atoms in total. The number of hydrogen-bond donors (Lipinski definition) is 2. The van der Waals surface area contributed by atoms with Gasteiger partial charge in [0.25, 0.3) is 0 Å². The lowest BCUT2D eigenvalue weighted by molar-refractivity contribution is -0.146. The van der Waals surface area contributed by atoms with Gasteiger partial charge in [-0.05, 0) is 46.1 Å². The van der Waals surface area contributed by atoms with Crippen molar-refractivity contribution in [1.29, 1.82) is 5.26 Å². The monoisotopic (exact) mass is 408 g/mol. The van der Waals surface area contributed by atoms with Gasteiger partial charge in [0, 0.05) is 10.4 Å². The Morgan fingerprint density at radius 3 is 2.21 bits per heavy atom. The number of rotatable bonds is 4. The molecule has 6 heteroatoms. The fourth-order valence-corrected chi connectivity index (χ4v) is 4.87. The Morgan fingerprint density at radius 2 is 1.66 bits per heavy atom. The third-order valence-electron chi connectivity index (χ3n) is 5.69. The lowest BCUT2D eigenvalue weighted by Gasteiger charge is -2.29. The van der Waals surface area contributed by atoms with Crippen molar-refractivity contribution >= 4 is 28.2 Å². The van der Waals surface area contributed by atoms with Gasteiger partial charge in [0.2, 0.25) is 5.91 Å². The van der Waals surface area contributed by atoms with Gasteiger partial charge in [-0.3, -0.25) is 9.59 Å². The highest BCUT2D eigenvalue weighted by Gasteiger charge is 2.37. The number of benzene rings is 1. The molecule has 0 saturated heterocycles. The molecule has 150 valence electrons. The van der Waals surface area contributed by atoms with Crippen LogP contribution in [-0.2, 0) is 9.59 Å². The van der Waals surface area contributed by atoms with E-state index < -0.39 is 17.8 Å². The number of nitrogens with zero attached hydrogens (tertiary/aromatic N) is 1. The number of anilines is 1. The largest absolute Gasteiger partial charge is 0.481 e. The highest BCUT2D eigenvalue weighted by atomic mass is 32.1. The predicted octanol–water partition coefficient (Wildman–Crippen LogP) is 5.29. The summed E-state index contributed by atoms with van der Waals surface area (Å²) in [4.78, 5) is 25.7. The number of amides is 1. The van der Waals surface area contributed by atoms with Crippen molar-refractivity contribution in [3.63, 3.8) is 0 Å². The van der Waals surface area contributed by atoms with E-state index in [1.807, 2.05) is 52.0 Å². The van der Waals surface area contributed by atoms with Crippen LogP contribution in [0.5, 0.6) is 0 Å². The van der Waals surface area contributed by atoms with Gasteiger partial charge in [-0.1, -0.05) is 41.0 Å². The van der Waals surface area contributed by atoms with Crippen LogP contribution >= 0.6 is 11.3 Å². The quantitative estimate of drug-likeness (QED) is 0.673. The van der Waals surface area contributed by atoms with Gasteiger partial charge in [-0.25, -0.2) is 0 Å². The number of carbonyl (C=O) groups is 2. The average Bonchev–Trinajstić information content (AvgIpc) is 2.98. The molecule has 0 saturated carbocycles. The van der Waals surface area contributed by atoms with Crippen molar-refractivity contribution in [3.8, 4) is 17.2 Å². The maximum Gasteiger partial charge on any atom is 0.307 e. The van der Waals surface area contributed by atoms with Gasteiger partial charge in [-0.2, -0.15) is 5.26 Å². The standard InChI is InChI=1S/C23H24N2O3S/c1-12-5-7-16(8-6-12)20-15(4)29-22(19(20)11-24)25-21(26)17-9-13(2)14(3)10-18(17)23(27)28/h5-8,17-18H,9-10H2,1-4H3,(H,25,26)(H,27,28)/t17-,18+/m1/s1. The summed E-state index contributed by atoms with van der Waals surface area (Å²) in [6.45, 7) is 7.79. The number of aliphatic carboxylic acids is 1. The summed E-state index contributed by atoms with van der Waals surface area (Å²) in [7, 11) is 0. The first kappa shape index (κ1) is 20.8. The maximum absolute atomic E-state index is 13.0. The zero-order valence-electron chi connectivity index (χ0n) is 17.0. The molecule has 0 spiro atoms. The number of hydrogen-bond acceptors (Lipinski definition) is 4. The van der Waals surface area contributed by atoms with E-state index in [1.165, 1.54) is 11.3 Å². The fourth-order valence-electron chi connectivity index (χ4n) is 3.84. The van der Waals surface area contributed by atoms with E-state index in [4.69, 9.17) is 0 Å². The first-order chi connectivity index (χ1) is 13.7. The summed E-state index contributed by atoms with van der Waals surface area (Å²) in [5, 5.41) is 22.7. The van der Waals surface area contributed by atoms with E-state index in [2.05, 4.69) is 11.4 Å². The van der Waals surface area contributed by atoms with E-state index in [1.54, 1.807) is 0 Å². The Bertz CT molecular complexity index is 1040. The number of thiophene rings is 1. The minimum absolute atomic E-state index is 0.336. The molecule has 1 aliphatic rings. The van der Waals surface area contributed by atoms with Gasteiger partial charge >= 0.3 is 5.97 Å². The normalized spacial score (nSPS) is 19.0. The first-order valence-corrected chi connectivity index (χ1v) is 10.3. The summed E-state index contributed by atoms with van der Waals surface area (Å²) in [6.07, 6.45) is 0.800. The van der Waals surface area contributed by atoms with Crippen molar-refractivity contribution in [2.45, 2.75) is 40.5 Å². The molecule has 1 aromatic carbocycles. The summed E-state index contributed by atoms with van der Waals surface area (Å²) in [6, 6.07) is 10.1. The number of aryl methyl sites for hydroxylation is 2. The number of nitriles is 1. The molecule has 0 aliphatic heterocycles. The van der Waals surface area contributed by atoms with Crippen LogP contribution in [-0.4, -0.2) is 17.0 Å². The minimum Gasteiger partial charge on any atom is -0.481 e. The molecule has 0 bridgehead atoms. The van der Waals surface area contributed by atoms with Crippen LogP contribution in [0.15, 0.2) is 35.4 Å². The zero-order chi connectivity index (χ0) is 21.3.